The Balaban J connectivity index is 1.86. The molecule has 1 heterocycles. The topological polar surface area (TPSA) is 55.8 Å². The Labute approximate surface area is 112 Å². The minimum absolute atomic E-state index is 0.234. The molecule has 1 fully saturated rings. The molecule has 5 heteroatoms. The van der Waals surface area contributed by atoms with Gasteiger partial charge >= 0.3 is 6.09 Å². The zero-order valence-corrected chi connectivity index (χ0v) is 10.8. The maximum Gasteiger partial charge on any atom is 0.410 e. The quantitative estimate of drug-likeness (QED) is 0.772. The van der Waals surface area contributed by atoms with Crippen LogP contribution in [-0.2, 0) is 20.9 Å². The van der Waals surface area contributed by atoms with Crippen LogP contribution in [-0.4, -0.2) is 43.6 Å². The lowest BCUT2D eigenvalue weighted by Gasteiger charge is -2.15. The van der Waals surface area contributed by atoms with Crippen molar-refractivity contribution in [2.45, 2.75) is 12.7 Å². The van der Waals surface area contributed by atoms with E-state index in [1.807, 2.05) is 30.3 Å². The predicted molar refractivity (Wildman–Crippen MR) is 68.6 cm³/mol. The molecule has 0 N–H and O–H groups in total. The molecule has 2 rings (SSSR count). The van der Waals surface area contributed by atoms with E-state index in [2.05, 4.69) is 0 Å². The van der Waals surface area contributed by atoms with Gasteiger partial charge in [-0.3, -0.25) is 0 Å². The van der Waals surface area contributed by atoms with Gasteiger partial charge in [-0.05, 0) is 5.56 Å². The van der Waals surface area contributed by atoms with E-state index in [4.69, 9.17) is 9.47 Å². The average molecular weight is 263 g/mol. The second kappa shape index (κ2) is 6.33. The number of likely N-dealkylation sites (tertiary alicyclic amines) is 1. The van der Waals surface area contributed by atoms with Crippen molar-refractivity contribution in [3.63, 3.8) is 0 Å². The van der Waals surface area contributed by atoms with E-state index >= 15 is 0 Å². The van der Waals surface area contributed by atoms with Crippen LogP contribution in [0.2, 0.25) is 0 Å². The first kappa shape index (κ1) is 13.5. The van der Waals surface area contributed by atoms with Crippen molar-refractivity contribution >= 4 is 12.4 Å². The number of carbonyl (C=O) groups is 2. The Morgan fingerprint density at radius 3 is 2.68 bits per heavy atom. The summed E-state index contributed by atoms with van der Waals surface area (Å²) in [6.07, 6.45) is 0.190. The molecule has 0 aromatic heterocycles. The summed E-state index contributed by atoms with van der Waals surface area (Å²) in [7, 11) is 1.54. The summed E-state index contributed by atoms with van der Waals surface area (Å²) in [5.74, 6) is -0.269. The SMILES string of the molecule is CO[C@H]1CN(C(=O)OCc2ccccc2)C[C@@H]1C=O. The molecule has 1 aliphatic heterocycles. The maximum atomic E-state index is 11.9. The molecule has 0 radical (unpaired) electrons. The Kier molecular flexibility index (Phi) is 4.52. The van der Waals surface area contributed by atoms with E-state index < -0.39 is 6.09 Å². The molecule has 0 saturated carbocycles. The molecule has 1 saturated heterocycles. The molecular weight excluding hydrogens is 246 g/mol. The van der Waals surface area contributed by atoms with Crippen LogP contribution in [0.1, 0.15) is 5.56 Å². The standard InChI is InChI=1S/C14H17NO4/c1-18-13-8-15(7-12(13)9-16)14(17)19-10-11-5-3-2-4-6-11/h2-6,9,12-13H,7-8,10H2,1H3/t12-,13+/m1/s1. The second-order valence-electron chi connectivity index (χ2n) is 4.52. The van der Waals surface area contributed by atoms with Gasteiger partial charge in [0.15, 0.2) is 0 Å². The molecule has 1 amide bonds. The average Bonchev–Trinajstić information content (AvgIpc) is 2.89. The summed E-state index contributed by atoms with van der Waals surface area (Å²) in [6.45, 7) is 0.989. The van der Waals surface area contributed by atoms with Gasteiger partial charge in [0.2, 0.25) is 0 Å². The van der Waals surface area contributed by atoms with Crippen LogP contribution >= 0.6 is 0 Å². The highest BCUT2D eigenvalue weighted by atomic mass is 16.6. The monoisotopic (exact) mass is 263 g/mol. The van der Waals surface area contributed by atoms with E-state index in [1.165, 1.54) is 4.90 Å². The molecule has 0 aliphatic carbocycles. The van der Waals surface area contributed by atoms with E-state index in [9.17, 15) is 9.59 Å². The number of benzene rings is 1. The fraction of sp³-hybridized carbons (Fsp3) is 0.429. The van der Waals surface area contributed by atoms with Crippen molar-refractivity contribution in [2.24, 2.45) is 5.92 Å². The smallest absolute Gasteiger partial charge is 0.410 e. The Hall–Kier alpha value is -1.88. The first-order valence-electron chi connectivity index (χ1n) is 6.18. The Morgan fingerprint density at radius 1 is 1.37 bits per heavy atom. The largest absolute Gasteiger partial charge is 0.445 e. The lowest BCUT2D eigenvalue weighted by Crippen LogP contribution is -2.30. The summed E-state index contributed by atoms with van der Waals surface area (Å²) < 4.78 is 10.4. The molecule has 0 bridgehead atoms. The molecule has 5 nitrogen and oxygen atoms in total. The summed E-state index contributed by atoms with van der Waals surface area (Å²) in [5.41, 5.74) is 0.935. The van der Waals surface area contributed by atoms with Crippen molar-refractivity contribution in [2.75, 3.05) is 20.2 Å². The van der Waals surface area contributed by atoms with Crippen LogP contribution in [0.3, 0.4) is 0 Å². The van der Waals surface area contributed by atoms with Gasteiger partial charge in [-0.25, -0.2) is 4.79 Å². The van der Waals surface area contributed by atoms with Gasteiger partial charge in [0.1, 0.15) is 12.9 Å². The predicted octanol–water partition coefficient (Wildman–Crippen LogP) is 1.47. The van der Waals surface area contributed by atoms with Crippen molar-refractivity contribution in [3.05, 3.63) is 35.9 Å². The van der Waals surface area contributed by atoms with Gasteiger partial charge in [0.05, 0.1) is 18.6 Å². The molecule has 0 unspecified atom stereocenters. The van der Waals surface area contributed by atoms with Crippen molar-refractivity contribution in [1.82, 2.24) is 4.90 Å². The third kappa shape index (κ3) is 3.32. The zero-order valence-electron chi connectivity index (χ0n) is 10.8. The fourth-order valence-electron chi connectivity index (χ4n) is 2.14. The number of aldehydes is 1. The first-order valence-corrected chi connectivity index (χ1v) is 6.18. The maximum absolute atomic E-state index is 11.9. The lowest BCUT2D eigenvalue weighted by atomic mass is 10.1. The number of rotatable bonds is 4. The molecule has 102 valence electrons. The highest BCUT2D eigenvalue weighted by molar-refractivity contribution is 5.70. The Bertz CT molecular complexity index is 434. The van der Waals surface area contributed by atoms with Crippen LogP contribution in [0.4, 0.5) is 4.79 Å². The van der Waals surface area contributed by atoms with Crippen LogP contribution in [0, 0.1) is 5.92 Å². The summed E-state index contributed by atoms with van der Waals surface area (Å²) >= 11 is 0. The van der Waals surface area contributed by atoms with E-state index in [-0.39, 0.29) is 18.6 Å². The van der Waals surface area contributed by atoms with Gasteiger partial charge < -0.3 is 19.2 Å². The molecular formula is C14H17NO4. The summed E-state index contributed by atoms with van der Waals surface area (Å²) in [5, 5.41) is 0. The minimum atomic E-state index is -0.407. The Morgan fingerprint density at radius 2 is 2.11 bits per heavy atom. The highest BCUT2D eigenvalue weighted by Crippen LogP contribution is 2.18. The van der Waals surface area contributed by atoms with Crippen molar-refractivity contribution < 1.29 is 19.1 Å². The molecule has 19 heavy (non-hydrogen) atoms. The van der Waals surface area contributed by atoms with Gasteiger partial charge in [-0.2, -0.15) is 0 Å². The number of hydrogen-bond donors (Lipinski definition) is 0. The zero-order chi connectivity index (χ0) is 13.7. The van der Waals surface area contributed by atoms with Crippen LogP contribution in [0.5, 0.6) is 0 Å². The second-order valence-corrected chi connectivity index (χ2v) is 4.52. The van der Waals surface area contributed by atoms with E-state index in [0.29, 0.717) is 13.1 Å². The highest BCUT2D eigenvalue weighted by Gasteiger charge is 2.35. The number of carbonyl (C=O) groups excluding carboxylic acids is 2. The number of nitrogens with zero attached hydrogens (tertiary/aromatic N) is 1. The van der Waals surface area contributed by atoms with Crippen LogP contribution < -0.4 is 0 Å². The van der Waals surface area contributed by atoms with Gasteiger partial charge in [0.25, 0.3) is 0 Å². The fourth-order valence-corrected chi connectivity index (χ4v) is 2.14. The lowest BCUT2D eigenvalue weighted by molar-refractivity contribution is -0.113. The molecule has 1 aromatic rings. The number of amides is 1. The van der Waals surface area contributed by atoms with Crippen molar-refractivity contribution in [1.29, 1.82) is 0 Å². The third-order valence-corrected chi connectivity index (χ3v) is 3.25. The van der Waals surface area contributed by atoms with Crippen molar-refractivity contribution in [3.8, 4) is 0 Å². The van der Waals surface area contributed by atoms with Crippen LogP contribution in [0.25, 0.3) is 0 Å². The van der Waals surface area contributed by atoms with Crippen LogP contribution in [0.15, 0.2) is 30.3 Å². The number of methoxy groups -OCH3 is 1. The summed E-state index contributed by atoms with van der Waals surface area (Å²) in [6, 6.07) is 9.47. The normalized spacial score (nSPS) is 22.3. The molecule has 1 aliphatic rings. The summed E-state index contributed by atoms with van der Waals surface area (Å²) in [4.78, 5) is 24.2. The number of ether oxygens (including phenoxy) is 2. The first-order chi connectivity index (χ1) is 9.24. The van der Waals surface area contributed by atoms with Gasteiger partial charge in [-0.1, -0.05) is 30.3 Å². The minimum Gasteiger partial charge on any atom is -0.445 e. The molecule has 2 atom stereocenters. The third-order valence-electron chi connectivity index (χ3n) is 3.25. The van der Waals surface area contributed by atoms with E-state index in [1.54, 1.807) is 7.11 Å². The van der Waals surface area contributed by atoms with Gasteiger partial charge in [-0.15, -0.1) is 0 Å². The van der Waals surface area contributed by atoms with Gasteiger partial charge in [0, 0.05) is 13.7 Å². The molecule has 1 aromatic carbocycles. The molecule has 0 spiro atoms. The number of hydrogen-bond acceptors (Lipinski definition) is 4. The van der Waals surface area contributed by atoms with E-state index in [0.717, 1.165) is 11.8 Å².